The number of hydrogen-bond donors (Lipinski definition) is 1. The van der Waals surface area contributed by atoms with Gasteiger partial charge >= 0.3 is 0 Å². The van der Waals surface area contributed by atoms with E-state index in [9.17, 15) is 4.79 Å². The molecule has 1 N–H and O–H groups in total. The van der Waals surface area contributed by atoms with Gasteiger partial charge < -0.3 is 9.88 Å². The summed E-state index contributed by atoms with van der Waals surface area (Å²) in [6.45, 7) is 1.57. The standard InChI is InChI=1S/C25H23ClN4O/c26-17-5-6-21-22(15-17)29-24(28-21)25(10-11-25)16-8-13-30(14-9-16)23(31)19-7-12-27-20-4-2-1-3-18(19)20/h1-7,12,15-16H,8-11,13-14H2,(H,28,29). The van der Waals surface area contributed by atoms with E-state index in [4.69, 9.17) is 16.6 Å². The summed E-state index contributed by atoms with van der Waals surface area (Å²) in [5.41, 5.74) is 3.72. The molecule has 2 aromatic carbocycles. The van der Waals surface area contributed by atoms with Crippen LogP contribution in [0.2, 0.25) is 5.02 Å². The van der Waals surface area contributed by atoms with Crippen LogP contribution in [-0.2, 0) is 5.41 Å². The molecule has 3 heterocycles. The minimum Gasteiger partial charge on any atom is -0.341 e. The molecule has 0 bridgehead atoms. The number of amides is 1. The highest BCUT2D eigenvalue weighted by Gasteiger charge is 2.53. The summed E-state index contributed by atoms with van der Waals surface area (Å²) in [4.78, 5) is 28.1. The van der Waals surface area contributed by atoms with Gasteiger partial charge in [-0.2, -0.15) is 0 Å². The summed E-state index contributed by atoms with van der Waals surface area (Å²) >= 11 is 6.14. The summed E-state index contributed by atoms with van der Waals surface area (Å²) in [7, 11) is 0. The maximum atomic E-state index is 13.3. The molecule has 5 nitrogen and oxygen atoms in total. The molecule has 1 amide bonds. The van der Waals surface area contributed by atoms with Crippen molar-refractivity contribution in [2.24, 2.45) is 5.92 Å². The number of nitrogens with one attached hydrogen (secondary N) is 1. The fourth-order valence-electron chi connectivity index (χ4n) is 5.28. The average Bonchev–Trinajstić information content (AvgIpc) is 3.51. The molecule has 0 unspecified atom stereocenters. The number of imidazole rings is 1. The van der Waals surface area contributed by atoms with Gasteiger partial charge in [-0.3, -0.25) is 9.78 Å². The summed E-state index contributed by atoms with van der Waals surface area (Å²) < 4.78 is 0. The molecule has 156 valence electrons. The first-order valence-electron chi connectivity index (χ1n) is 10.9. The maximum Gasteiger partial charge on any atom is 0.254 e. The second-order valence-corrected chi connectivity index (χ2v) is 9.28. The Morgan fingerprint density at radius 3 is 2.68 bits per heavy atom. The molecule has 0 atom stereocenters. The van der Waals surface area contributed by atoms with Gasteiger partial charge in [0.05, 0.1) is 22.1 Å². The predicted molar refractivity (Wildman–Crippen MR) is 122 cm³/mol. The number of H-pyrrole nitrogens is 1. The van der Waals surface area contributed by atoms with Crippen molar-refractivity contribution in [2.75, 3.05) is 13.1 Å². The highest BCUT2D eigenvalue weighted by atomic mass is 35.5. The Morgan fingerprint density at radius 1 is 1.06 bits per heavy atom. The monoisotopic (exact) mass is 430 g/mol. The largest absolute Gasteiger partial charge is 0.341 e. The Bertz CT molecular complexity index is 1300. The lowest BCUT2D eigenvalue weighted by Crippen LogP contribution is -2.41. The first-order valence-corrected chi connectivity index (χ1v) is 11.3. The van der Waals surface area contributed by atoms with Crippen LogP contribution in [0.4, 0.5) is 0 Å². The Kier molecular flexibility index (Phi) is 4.29. The van der Waals surface area contributed by atoms with Crippen molar-refractivity contribution in [3.8, 4) is 0 Å². The molecule has 1 saturated carbocycles. The van der Waals surface area contributed by atoms with Crippen molar-refractivity contribution >= 4 is 39.4 Å². The third kappa shape index (κ3) is 3.10. The number of aromatic nitrogens is 3. The van der Waals surface area contributed by atoms with E-state index in [1.807, 2.05) is 53.4 Å². The van der Waals surface area contributed by atoms with Crippen molar-refractivity contribution in [2.45, 2.75) is 31.1 Å². The van der Waals surface area contributed by atoms with Gasteiger partial charge in [-0.05, 0) is 61.9 Å². The number of aromatic amines is 1. The number of likely N-dealkylation sites (tertiary alicyclic amines) is 1. The van der Waals surface area contributed by atoms with Crippen molar-refractivity contribution in [3.05, 3.63) is 71.1 Å². The molecule has 2 aliphatic rings. The van der Waals surface area contributed by atoms with Crippen LogP contribution in [0.1, 0.15) is 41.9 Å². The minimum atomic E-state index is 0.111. The van der Waals surface area contributed by atoms with E-state index in [1.165, 1.54) is 0 Å². The van der Waals surface area contributed by atoms with Crippen LogP contribution in [0.5, 0.6) is 0 Å². The van der Waals surface area contributed by atoms with Crippen LogP contribution in [0.15, 0.2) is 54.7 Å². The first kappa shape index (κ1) is 18.8. The topological polar surface area (TPSA) is 61.9 Å². The summed E-state index contributed by atoms with van der Waals surface area (Å²) in [6.07, 6.45) is 6.07. The number of benzene rings is 2. The van der Waals surface area contributed by atoms with Crippen LogP contribution >= 0.6 is 11.6 Å². The molecule has 1 saturated heterocycles. The second-order valence-electron chi connectivity index (χ2n) is 8.85. The molecule has 2 aromatic heterocycles. The van der Waals surface area contributed by atoms with Crippen LogP contribution < -0.4 is 0 Å². The van der Waals surface area contributed by atoms with Gasteiger partial charge in [0.25, 0.3) is 5.91 Å². The predicted octanol–water partition coefficient (Wildman–Crippen LogP) is 5.35. The molecular weight excluding hydrogens is 408 g/mol. The van der Waals surface area contributed by atoms with Gasteiger partial charge in [0, 0.05) is 35.1 Å². The number of piperidine rings is 1. The number of carbonyl (C=O) groups is 1. The third-order valence-electron chi connectivity index (χ3n) is 7.15. The number of halogens is 1. The number of rotatable bonds is 3. The molecule has 4 aromatic rings. The van der Waals surface area contributed by atoms with Gasteiger partial charge in [-0.15, -0.1) is 0 Å². The molecule has 0 radical (unpaired) electrons. The smallest absolute Gasteiger partial charge is 0.254 e. The zero-order valence-corrected chi connectivity index (χ0v) is 17.9. The summed E-state index contributed by atoms with van der Waals surface area (Å²) in [5.74, 6) is 1.75. The molecule has 6 heteroatoms. The Labute approximate surface area is 185 Å². The minimum absolute atomic E-state index is 0.111. The van der Waals surface area contributed by atoms with E-state index >= 15 is 0 Å². The quantitative estimate of drug-likeness (QED) is 0.476. The van der Waals surface area contributed by atoms with E-state index in [1.54, 1.807) is 6.20 Å². The normalized spacial score (nSPS) is 18.5. The van der Waals surface area contributed by atoms with E-state index < -0.39 is 0 Å². The van der Waals surface area contributed by atoms with Crippen LogP contribution in [0.25, 0.3) is 21.9 Å². The highest BCUT2D eigenvalue weighted by Crippen LogP contribution is 2.56. The molecular formula is C25H23ClN4O. The number of pyridine rings is 1. The van der Waals surface area contributed by atoms with Gasteiger partial charge in [0.15, 0.2) is 0 Å². The molecule has 1 aliphatic heterocycles. The molecule has 31 heavy (non-hydrogen) atoms. The van der Waals surface area contributed by atoms with Crippen LogP contribution in [-0.4, -0.2) is 38.8 Å². The number of fused-ring (bicyclic) bond motifs is 2. The van der Waals surface area contributed by atoms with Crippen molar-refractivity contribution in [3.63, 3.8) is 0 Å². The number of para-hydroxylation sites is 1. The van der Waals surface area contributed by atoms with E-state index in [2.05, 4.69) is 9.97 Å². The molecule has 2 fully saturated rings. The molecule has 1 aliphatic carbocycles. The van der Waals surface area contributed by atoms with E-state index in [-0.39, 0.29) is 11.3 Å². The fraction of sp³-hybridized carbons (Fsp3) is 0.320. The lowest BCUT2D eigenvalue weighted by atomic mass is 9.81. The average molecular weight is 431 g/mol. The zero-order valence-electron chi connectivity index (χ0n) is 17.1. The van der Waals surface area contributed by atoms with Crippen LogP contribution in [0.3, 0.4) is 0 Å². The SMILES string of the molecule is O=C(c1ccnc2ccccc12)N1CCC(C2(c3nc4cc(Cl)ccc4[nH]3)CC2)CC1. The number of nitrogens with zero attached hydrogens (tertiary/aromatic N) is 3. The second kappa shape index (κ2) is 7.06. The fourth-order valence-corrected chi connectivity index (χ4v) is 5.44. The number of hydrogen-bond acceptors (Lipinski definition) is 3. The van der Waals surface area contributed by atoms with Gasteiger partial charge in [0.2, 0.25) is 0 Å². The van der Waals surface area contributed by atoms with Crippen LogP contribution in [0, 0.1) is 5.92 Å². The van der Waals surface area contributed by atoms with Gasteiger partial charge in [0.1, 0.15) is 5.82 Å². The maximum absolute atomic E-state index is 13.3. The van der Waals surface area contributed by atoms with Crippen molar-refractivity contribution < 1.29 is 4.79 Å². The van der Waals surface area contributed by atoms with Gasteiger partial charge in [-0.1, -0.05) is 29.8 Å². The third-order valence-corrected chi connectivity index (χ3v) is 7.38. The zero-order chi connectivity index (χ0) is 21.0. The summed E-state index contributed by atoms with van der Waals surface area (Å²) in [5, 5.41) is 1.64. The summed E-state index contributed by atoms with van der Waals surface area (Å²) in [6, 6.07) is 15.5. The molecule has 0 spiro atoms. The molecule has 6 rings (SSSR count). The van der Waals surface area contributed by atoms with E-state index in [0.29, 0.717) is 10.9 Å². The Balaban J connectivity index is 1.21. The van der Waals surface area contributed by atoms with Gasteiger partial charge in [-0.25, -0.2) is 4.98 Å². The lowest BCUT2D eigenvalue weighted by molar-refractivity contribution is 0.0671. The lowest BCUT2D eigenvalue weighted by Gasteiger charge is -2.36. The van der Waals surface area contributed by atoms with Crippen molar-refractivity contribution in [1.82, 2.24) is 19.9 Å². The Morgan fingerprint density at radius 2 is 1.87 bits per heavy atom. The van der Waals surface area contributed by atoms with Crippen molar-refractivity contribution in [1.29, 1.82) is 0 Å². The first-order chi connectivity index (χ1) is 15.1. The van der Waals surface area contributed by atoms with E-state index in [0.717, 1.165) is 72.1 Å². The Hall–Kier alpha value is -2.92. The number of carbonyl (C=O) groups excluding carboxylic acids is 1. The highest BCUT2D eigenvalue weighted by molar-refractivity contribution is 6.31.